The van der Waals surface area contributed by atoms with Crippen LogP contribution >= 0.6 is 0 Å². The summed E-state index contributed by atoms with van der Waals surface area (Å²) >= 11 is 0. The number of esters is 2. The summed E-state index contributed by atoms with van der Waals surface area (Å²) in [6, 6.07) is 9.41. The Balaban J connectivity index is 1.47. The first-order valence-corrected chi connectivity index (χ1v) is 17.6. The van der Waals surface area contributed by atoms with Crippen LogP contribution in [0.2, 0.25) is 0 Å². The maximum atomic E-state index is 13.4. The van der Waals surface area contributed by atoms with Crippen molar-refractivity contribution in [1.29, 1.82) is 0 Å². The summed E-state index contributed by atoms with van der Waals surface area (Å²) in [5, 5.41) is 0. The molecule has 1 saturated carbocycles. The molecule has 0 radical (unpaired) electrons. The molecule has 44 heavy (non-hydrogen) atoms. The van der Waals surface area contributed by atoms with Crippen LogP contribution in [0.25, 0.3) is 0 Å². The van der Waals surface area contributed by atoms with Gasteiger partial charge in [-0.3, -0.25) is 4.79 Å². The van der Waals surface area contributed by atoms with E-state index in [9.17, 15) is 9.59 Å². The first-order valence-electron chi connectivity index (χ1n) is 17.6. The second-order valence-corrected chi connectivity index (χ2v) is 16.1. The van der Waals surface area contributed by atoms with E-state index in [1.54, 1.807) is 11.1 Å². The summed E-state index contributed by atoms with van der Waals surface area (Å²) in [6.45, 7) is 19.1. The topological polar surface area (TPSA) is 52.6 Å². The molecule has 0 aromatic heterocycles. The third-order valence-corrected chi connectivity index (χ3v) is 13.0. The first kappa shape index (κ1) is 33.0. The van der Waals surface area contributed by atoms with Crippen molar-refractivity contribution in [2.45, 2.75) is 126 Å². The van der Waals surface area contributed by atoms with E-state index in [1.165, 1.54) is 19.3 Å². The van der Waals surface area contributed by atoms with E-state index in [0.29, 0.717) is 36.3 Å². The summed E-state index contributed by atoms with van der Waals surface area (Å²) in [7, 11) is 0. The molecule has 0 spiro atoms. The zero-order valence-electron chi connectivity index (χ0n) is 28.8. The largest absolute Gasteiger partial charge is 0.466 e. The smallest absolute Gasteiger partial charge is 0.338 e. The lowest BCUT2D eigenvalue weighted by Crippen LogP contribution is -2.56. The summed E-state index contributed by atoms with van der Waals surface area (Å²) in [5.74, 6) is 1.93. The van der Waals surface area contributed by atoms with Gasteiger partial charge in [-0.2, -0.15) is 0 Å². The highest BCUT2D eigenvalue weighted by molar-refractivity contribution is 5.89. The summed E-state index contributed by atoms with van der Waals surface area (Å²) in [5.41, 5.74) is 3.39. The maximum Gasteiger partial charge on any atom is 0.338 e. The molecule has 1 fully saturated rings. The molecule has 1 unspecified atom stereocenters. The van der Waals surface area contributed by atoms with E-state index in [4.69, 9.17) is 9.47 Å². The molecule has 0 amide bonds. The van der Waals surface area contributed by atoms with Gasteiger partial charge in [0.15, 0.2) is 0 Å². The lowest BCUT2D eigenvalue weighted by atomic mass is 9.42. The van der Waals surface area contributed by atoms with Crippen molar-refractivity contribution in [3.05, 3.63) is 59.2 Å². The normalized spacial score (nSPS) is 34.6. The Hall–Kier alpha value is -2.36. The molecule has 0 N–H and O–H groups in total. The van der Waals surface area contributed by atoms with Crippen molar-refractivity contribution < 1.29 is 19.1 Å². The van der Waals surface area contributed by atoms with Gasteiger partial charge in [0.1, 0.15) is 6.10 Å². The minimum Gasteiger partial charge on any atom is -0.466 e. The number of rotatable bonds is 10. The molecule has 0 aliphatic heterocycles. The van der Waals surface area contributed by atoms with E-state index >= 15 is 0 Å². The van der Waals surface area contributed by atoms with Gasteiger partial charge in [0.2, 0.25) is 0 Å². The lowest BCUT2D eigenvalue weighted by Gasteiger charge is -2.62. The zero-order chi connectivity index (χ0) is 31.9. The monoisotopic (exact) mass is 602 g/mol. The molecule has 1 aromatic carbocycles. The van der Waals surface area contributed by atoms with Gasteiger partial charge in [-0.05, 0) is 92.1 Å². The number of benzene rings is 1. The Bertz CT molecular complexity index is 1270. The van der Waals surface area contributed by atoms with E-state index < -0.39 is 0 Å². The molecule has 1 aromatic rings. The third-order valence-electron chi connectivity index (χ3n) is 13.0. The van der Waals surface area contributed by atoms with Gasteiger partial charge in [0.05, 0.1) is 18.6 Å². The van der Waals surface area contributed by atoms with E-state index in [-0.39, 0.29) is 39.7 Å². The van der Waals surface area contributed by atoms with Gasteiger partial charge < -0.3 is 9.47 Å². The average molecular weight is 603 g/mol. The number of carbonyl (C=O) groups excluding carboxylic acids is 2. The third kappa shape index (κ3) is 5.51. The van der Waals surface area contributed by atoms with Crippen LogP contribution in [0.4, 0.5) is 0 Å². The zero-order valence-corrected chi connectivity index (χ0v) is 28.8. The molecule has 0 bridgehead atoms. The second kappa shape index (κ2) is 12.4. The Morgan fingerprint density at radius 3 is 2.34 bits per heavy atom. The van der Waals surface area contributed by atoms with E-state index in [0.717, 1.165) is 44.4 Å². The molecular weight excluding hydrogens is 544 g/mol. The van der Waals surface area contributed by atoms with Crippen molar-refractivity contribution >= 4 is 11.9 Å². The summed E-state index contributed by atoms with van der Waals surface area (Å²) in [6.07, 6.45) is 15.2. The van der Waals surface area contributed by atoms with Gasteiger partial charge in [-0.25, -0.2) is 4.79 Å². The quantitative estimate of drug-likeness (QED) is 0.197. The minimum atomic E-state index is -0.279. The Morgan fingerprint density at radius 2 is 1.66 bits per heavy atom. The highest BCUT2D eigenvalue weighted by Gasteiger charge is 2.64. The van der Waals surface area contributed by atoms with Gasteiger partial charge >= 0.3 is 11.9 Å². The molecule has 4 aliphatic rings. The Kier molecular flexibility index (Phi) is 9.34. The summed E-state index contributed by atoms with van der Waals surface area (Å²) in [4.78, 5) is 26.5. The predicted octanol–water partition coefficient (Wildman–Crippen LogP) is 10.1. The fraction of sp³-hybridized carbons (Fsp3) is 0.700. The average Bonchev–Trinajstić information content (AvgIpc) is 3.27. The van der Waals surface area contributed by atoms with E-state index in [1.807, 2.05) is 37.3 Å². The molecule has 0 saturated heterocycles. The van der Waals surface area contributed by atoms with Crippen molar-refractivity contribution in [3.63, 3.8) is 0 Å². The maximum absolute atomic E-state index is 13.4. The van der Waals surface area contributed by atoms with E-state index in [2.05, 4.69) is 60.6 Å². The van der Waals surface area contributed by atoms with Crippen LogP contribution in [0.15, 0.2) is 53.6 Å². The molecule has 4 nitrogen and oxygen atoms in total. The van der Waals surface area contributed by atoms with Crippen molar-refractivity contribution in [1.82, 2.24) is 0 Å². The van der Waals surface area contributed by atoms with Crippen molar-refractivity contribution in [2.24, 2.45) is 45.3 Å². The molecule has 7 atom stereocenters. The van der Waals surface area contributed by atoms with Gasteiger partial charge in [0.25, 0.3) is 0 Å². The van der Waals surface area contributed by atoms with Crippen LogP contribution in [0.3, 0.4) is 0 Å². The molecular formula is C40H58O4. The van der Waals surface area contributed by atoms with Gasteiger partial charge in [0, 0.05) is 10.8 Å². The number of allylic oxidation sites excluding steroid dienone is 4. The molecule has 4 aliphatic carbocycles. The fourth-order valence-electron chi connectivity index (χ4n) is 10.6. The fourth-order valence-corrected chi connectivity index (χ4v) is 10.6. The van der Waals surface area contributed by atoms with Gasteiger partial charge in [-0.15, -0.1) is 0 Å². The van der Waals surface area contributed by atoms with Crippen LogP contribution in [-0.2, 0) is 14.3 Å². The lowest BCUT2D eigenvalue weighted by molar-refractivity contribution is -0.147. The molecule has 0 heterocycles. The van der Waals surface area contributed by atoms with Crippen LogP contribution in [0.5, 0.6) is 0 Å². The van der Waals surface area contributed by atoms with Gasteiger partial charge in [-0.1, -0.05) is 109 Å². The minimum absolute atomic E-state index is 0.0109. The van der Waals surface area contributed by atoms with Crippen molar-refractivity contribution in [2.75, 3.05) is 6.61 Å². The van der Waals surface area contributed by atoms with Crippen molar-refractivity contribution in [3.8, 4) is 0 Å². The first-order chi connectivity index (χ1) is 20.8. The van der Waals surface area contributed by atoms with Crippen LogP contribution in [0, 0.1) is 45.3 Å². The SMILES string of the molecule is CCOC(=O)C[C@@]12C=C[C@H]([C@H](C)CCCC(C)C)[C@@]1(C)CCC1=C2CCC2C(C)(C)[C@@H](OC(=O)c3ccccc3)CC[C@]12C. The molecule has 4 heteroatoms. The number of fused-ring (bicyclic) bond motifs is 4. The number of hydrogen-bond acceptors (Lipinski definition) is 4. The number of hydrogen-bond donors (Lipinski definition) is 0. The Labute approximate surface area is 267 Å². The summed E-state index contributed by atoms with van der Waals surface area (Å²) < 4.78 is 11.9. The predicted molar refractivity (Wildman–Crippen MR) is 178 cm³/mol. The van der Waals surface area contributed by atoms with Crippen LogP contribution in [0.1, 0.15) is 130 Å². The molecule has 5 rings (SSSR count). The number of ether oxygens (including phenoxy) is 2. The standard InChI is InChI=1S/C40H58O4/c1-9-43-35(41)26-40-25-21-30(28(4)15-13-14-27(2)3)39(40,8)24-20-31-32(40)18-19-33-37(5,6)34(22-23-38(31,33)7)44-36(42)29-16-11-10-12-17-29/h10-12,16-17,21,25,27-28,30,33-34H,9,13-15,18-20,22-24,26H2,1-8H3/t28-,30-,33?,34+,38-,39-,40-/m1/s1. The van der Waals surface area contributed by atoms with Crippen LogP contribution in [-0.4, -0.2) is 24.6 Å². The van der Waals surface area contributed by atoms with Crippen LogP contribution < -0.4 is 0 Å². The highest BCUT2D eigenvalue weighted by atomic mass is 16.5. The highest BCUT2D eigenvalue weighted by Crippen LogP contribution is 2.72. The second-order valence-electron chi connectivity index (χ2n) is 16.1. The Morgan fingerprint density at radius 1 is 0.932 bits per heavy atom. The molecule has 242 valence electrons. The number of carbonyl (C=O) groups is 2.